The van der Waals surface area contributed by atoms with Gasteiger partial charge in [-0.25, -0.2) is 4.79 Å². The molecular weight excluding hydrogens is 358 g/mol. The first-order chi connectivity index (χ1) is 13.6. The van der Waals surface area contributed by atoms with Crippen LogP contribution in [0.15, 0.2) is 84.9 Å². The molecule has 0 fully saturated rings. The Balaban J connectivity index is 1.47. The second-order valence-corrected chi connectivity index (χ2v) is 5.91. The van der Waals surface area contributed by atoms with Crippen molar-refractivity contribution in [2.45, 2.75) is 6.10 Å². The molecule has 0 saturated heterocycles. The van der Waals surface area contributed by atoms with Crippen LogP contribution >= 0.6 is 0 Å². The van der Waals surface area contributed by atoms with Crippen molar-refractivity contribution < 1.29 is 24.2 Å². The number of esters is 1. The highest BCUT2D eigenvalue weighted by molar-refractivity contribution is 5.93. The summed E-state index contributed by atoms with van der Waals surface area (Å²) in [5.74, 6) is -0.0527. The van der Waals surface area contributed by atoms with Gasteiger partial charge in [0, 0.05) is 5.69 Å². The topological polar surface area (TPSA) is 84.9 Å². The van der Waals surface area contributed by atoms with Crippen LogP contribution in [0.3, 0.4) is 0 Å². The average molecular weight is 377 g/mol. The average Bonchev–Trinajstić information content (AvgIpc) is 2.74. The van der Waals surface area contributed by atoms with Crippen molar-refractivity contribution in [2.24, 2.45) is 0 Å². The molecule has 142 valence electrons. The van der Waals surface area contributed by atoms with Crippen molar-refractivity contribution in [1.82, 2.24) is 0 Å². The molecule has 0 aliphatic heterocycles. The Morgan fingerprint density at radius 1 is 0.821 bits per heavy atom. The molecule has 0 heterocycles. The van der Waals surface area contributed by atoms with Gasteiger partial charge in [0.05, 0.1) is 0 Å². The maximum atomic E-state index is 12.0. The van der Waals surface area contributed by atoms with Crippen LogP contribution in [0.5, 0.6) is 11.5 Å². The molecule has 3 aromatic rings. The largest absolute Gasteiger partial charge is 0.457 e. The molecule has 0 aliphatic rings. The van der Waals surface area contributed by atoms with Crippen LogP contribution in [0.2, 0.25) is 0 Å². The minimum Gasteiger partial charge on any atom is -0.457 e. The van der Waals surface area contributed by atoms with E-state index in [9.17, 15) is 14.7 Å². The van der Waals surface area contributed by atoms with Crippen molar-refractivity contribution in [3.63, 3.8) is 0 Å². The van der Waals surface area contributed by atoms with Crippen LogP contribution in [0.25, 0.3) is 0 Å². The third-order valence-corrected chi connectivity index (χ3v) is 3.80. The summed E-state index contributed by atoms with van der Waals surface area (Å²) < 4.78 is 10.5. The van der Waals surface area contributed by atoms with Gasteiger partial charge < -0.3 is 19.9 Å². The number of aliphatic hydroxyl groups excluding tert-OH is 1. The summed E-state index contributed by atoms with van der Waals surface area (Å²) in [7, 11) is 0. The normalized spacial score (nSPS) is 11.3. The van der Waals surface area contributed by atoms with E-state index < -0.39 is 24.6 Å². The van der Waals surface area contributed by atoms with Crippen LogP contribution in [-0.4, -0.2) is 23.6 Å². The first-order valence-electron chi connectivity index (χ1n) is 8.64. The van der Waals surface area contributed by atoms with E-state index in [1.807, 2.05) is 30.3 Å². The zero-order valence-corrected chi connectivity index (χ0v) is 14.9. The van der Waals surface area contributed by atoms with Gasteiger partial charge in [0.25, 0.3) is 5.91 Å². The second kappa shape index (κ2) is 9.34. The third kappa shape index (κ3) is 5.43. The lowest BCUT2D eigenvalue weighted by Gasteiger charge is -2.11. The quantitative estimate of drug-likeness (QED) is 0.614. The molecule has 0 radical (unpaired) electrons. The number of anilines is 1. The zero-order chi connectivity index (χ0) is 19.8. The Kier molecular flexibility index (Phi) is 6.38. The van der Waals surface area contributed by atoms with E-state index in [0.29, 0.717) is 22.7 Å². The van der Waals surface area contributed by atoms with E-state index in [4.69, 9.17) is 9.47 Å². The van der Waals surface area contributed by atoms with E-state index in [1.165, 1.54) is 0 Å². The highest BCUT2D eigenvalue weighted by Crippen LogP contribution is 2.22. The maximum Gasteiger partial charge on any atom is 0.340 e. The van der Waals surface area contributed by atoms with Gasteiger partial charge in [-0.1, -0.05) is 48.5 Å². The zero-order valence-electron chi connectivity index (χ0n) is 14.9. The molecule has 3 aromatic carbocycles. The van der Waals surface area contributed by atoms with Gasteiger partial charge in [0.15, 0.2) is 12.7 Å². The monoisotopic (exact) mass is 377 g/mol. The molecule has 2 N–H and O–H groups in total. The number of nitrogens with one attached hydrogen (secondary N) is 1. The molecule has 6 nitrogen and oxygen atoms in total. The molecule has 1 atom stereocenters. The van der Waals surface area contributed by atoms with Gasteiger partial charge in [-0.05, 0) is 42.0 Å². The van der Waals surface area contributed by atoms with Crippen LogP contribution < -0.4 is 10.1 Å². The van der Waals surface area contributed by atoms with E-state index >= 15 is 0 Å². The highest BCUT2D eigenvalue weighted by Gasteiger charge is 2.19. The van der Waals surface area contributed by atoms with Crippen molar-refractivity contribution in [1.29, 1.82) is 0 Å². The summed E-state index contributed by atoms with van der Waals surface area (Å²) in [6.07, 6.45) is -1.43. The van der Waals surface area contributed by atoms with Crippen LogP contribution in [0.1, 0.15) is 11.7 Å². The highest BCUT2D eigenvalue weighted by atomic mass is 16.5. The van der Waals surface area contributed by atoms with Crippen molar-refractivity contribution >= 4 is 17.6 Å². The number of benzene rings is 3. The van der Waals surface area contributed by atoms with Crippen molar-refractivity contribution in [3.05, 3.63) is 90.5 Å². The number of hydrogen-bond donors (Lipinski definition) is 2. The third-order valence-electron chi connectivity index (χ3n) is 3.80. The first kappa shape index (κ1) is 19.1. The fraction of sp³-hybridized carbons (Fsp3) is 0.0909. The molecule has 0 unspecified atom stereocenters. The number of ether oxygens (including phenoxy) is 2. The number of carbonyl (C=O) groups is 2. The van der Waals surface area contributed by atoms with Crippen LogP contribution in [0, 0.1) is 0 Å². The Hall–Kier alpha value is -3.64. The van der Waals surface area contributed by atoms with E-state index in [2.05, 4.69) is 5.32 Å². The summed E-state index contributed by atoms with van der Waals surface area (Å²) in [6.45, 7) is -0.495. The Morgan fingerprint density at radius 2 is 1.39 bits per heavy atom. The summed E-state index contributed by atoms with van der Waals surface area (Å²) in [6, 6.07) is 24.5. The van der Waals surface area contributed by atoms with Gasteiger partial charge in [0.1, 0.15) is 11.5 Å². The number of amides is 1. The number of rotatable bonds is 7. The van der Waals surface area contributed by atoms with Gasteiger partial charge >= 0.3 is 5.97 Å². The summed E-state index contributed by atoms with van der Waals surface area (Å²) in [4.78, 5) is 23.8. The minimum absolute atomic E-state index is 0.405. The van der Waals surface area contributed by atoms with Crippen LogP contribution in [-0.2, 0) is 14.3 Å². The Labute approximate surface area is 162 Å². The number of para-hydroxylation sites is 1. The molecule has 3 rings (SSSR count). The van der Waals surface area contributed by atoms with E-state index in [1.54, 1.807) is 54.6 Å². The lowest BCUT2D eigenvalue weighted by atomic mass is 10.1. The summed E-state index contributed by atoms with van der Waals surface area (Å²) in [5.41, 5.74) is 0.937. The Morgan fingerprint density at radius 3 is 2.04 bits per heavy atom. The summed E-state index contributed by atoms with van der Waals surface area (Å²) >= 11 is 0. The maximum absolute atomic E-state index is 12.0. The Bertz CT molecular complexity index is 911. The van der Waals surface area contributed by atoms with Crippen molar-refractivity contribution in [3.8, 4) is 11.5 Å². The van der Waals surface area contributed by atoms with Crippen molar-refractivity contribution in [2.75, 3.05) is 11.9 Å². The fourth-order valence-electron chi connectivity index (χ4n) is 2.42. The summed E-state index contributed by atoms with van der Waals surface area (Å²) in [5, 5.41) is 12.5. The van der Waals surface area contributed by atoms with E-state index in [-0.39, 0.29) is 0 Å². The standard InChI is InChI=1S/C22H19NO5/c24-20(15-27-22(26)21(25)16-7-3-1-4-8-16)23-17-11-13-19(14-12-17)28-18-9-5-2-6-10-18/h1-14,21,25H,15H2,(H,23,24)/t21-/m1/s1. The molecule has 6 heteroatoms. The molecule has 0 bridgehead atoms. The van der Waals surface area contributed by atoms with E-state index in [0.717, 1.165) is 0 Å². The second-order valence-electron chi connectivity index (χ2n) is 5.91. The predicted molar refractivity (Wildman–Crippen MR) is 104 cm³/mol. The molecule has 0 saturated carbocycles. The molecule has 0 aromatic heterocycles. The molecule has 1 amide bonds. The molecule has 28 heavy (non-hydrogen) atoms. The lowest BCUT2D eigenvalue weighted by Crippen LogP contribution is -2.23. The first-order valence-corrected chi connectivity index (χ1v) is 8.64. The fourth-order valence-corrected chi connectivity index (χ4v) is 2.42. The molecule has 0 aliphatic carbocycles. The predicted octanol–water partition coefficient (Wildman–Crippen LogP) is 3.69. The van der Waals surface area contributed by atoms with Gasteiger partial charge in [-0.15, -0.1) is 0 Å². The number of carbonyl (C=O) groups excluding carboxylic acids is 2. The molecule has 0 spiro atoms. The SMILES string of the molecule is O=C(COC(=O)[C@H](O)c1ccccc1)Nc1ccc(Oc2ccccc2)cc1. The number of aliphatic hydroxyl groups is 1. The van der Waals surface area contributed by atoms with Gasteiger partial charge in [0.2, 0.25) is 0 Å². The lowest BCUT2D eigenvalue weighted by molar-refractivity contribution is -0.156. The minimum atomic E-state index is -1.43. The van der Waals surface area contributed by atoms with Gasteiger partial charge in [-0.2, -0.15) is 0 Å². The smallest absolute Gasteiger partial charge is 0.340 e. The number of hydrogen-bond acceptors (Lipinski definition) is 5. The molecular formula is C22H19NO5. The van der Waals surface area contributed by atoms with Crippen LogP contribution in [0.4, 0.5) is 5.69 Å². The van der Waals surface area contributed by atoms with Gasteiger partial charge in [-0.3, -0.25) is 4.79 Å².